The Hall–Kier alpha value is -1.71. The van der Waals surface area contributed by atoms with Crippen molar-refractivity contribution in [2.45, 2.75) is 27.2 Å². The lowest BCUT2D eigenvalue weighted by Gasteiger charge is -2.12. The van der Waals surface area contributed by atoms with Crippen LogP contribution in [0.2, 0.25) is 0 Å². The van der Waals surface area contributed by atoms with E-state index in [9.17, 15) is 0 Å². The van der Waals surface area contributed by atoms with Crippen LogP contribution in [0.3, 0.4) is 0 Å². The van der Waals surface area contributed by atoms with Gasteiger partial charge in [-0.1, -0.05) is 11.2 Å². The zero-order valence-electron chi connectivity index (χ0n) is 10.6. The van der Waals surface area contributed by atoms with Gasteiger partial charge in [0.1, 0.15) is 0 Å². The van der Waals surface area contributed by atoms with E-state index in [-0.39, 0.29) is 0 Å². The van der Waals surface area contributed by atoms with Crippen molar-refractivity contribution in [2.24, 2.45) is 5.16 Å². The van der Waals surface area contributed by atoms with Crippen LogP contribution in [0.5, 0.6) is 11.5 Å². The second-order valence-corrected chi connectivity index (χ2v) is 3.66. The predicted molar refractivity (Wildman–Crippen MR) is 67.4 cm³/mol. The van der Waals surface area contributed by atoms with Crippen molar-refractivity contribution >= 4 is 5.71 Å². The summed E-state index contributed by atoms with van der Waals surface area (Å²) in [6.45, 7) is 6.85. The topological polar surface area (TPSA) is 51.0 Å². The van der Waals surface area contributed by atoms with Gasteiger partial charge in [0.2, 0.25) is 0 Å². The summed E-state index contributed by atoms with van der Waals surface area (Å²) in [5.41, 5.74) is 1.70. The molecule has 0 saturated heterocycles. The average molecular weight is 237 g/mol. The van der Waals surface area contributed by atoms with E-state index in [1.807, 2.05) is 32.0 Å². The molecule has 0 aliphatic carbocycles. The molecule has 94 valence electrons. The summed E-state index contributed by atoms with van der Waals surface area (Å²) in [7, 11) is 0. The summed E-state index contributed by atoms with van der Waals surface area (Å²) in [6.07, 6.45) is 0.600. The summed E-state index contributed by atoms with van der Waals surface area (Å²) in [6, 6.07) is 5.75. The van der Waals surface area contributed by atoms with Crippen LogP contribution in [0.25, 0.3) is 0 Å². The monoisotopic (exact) mass is 237 g/mol. The first kappa shape index (κ1) is 13.4. The van der Waals surface area contributed by atoms with Crippen molar-refractivity contribution in [3.8, 4) is 11.5 Å². The fourth-order valence-corrected chi connectivity index (χ4v) is 1.54. The van der Waals surface area contributed by atoms with Gasteiger partial charge < -0.3 is 14.7 Å². The minimum Gasteiger partial charge on any atom is -0.490 e. The number of hydrogen-bond acceptors (Lipinski definition) is 4. The molecular weight excluding hydrogens is 218 g/mol. The lowest BCUT2D eigenvalue weighted by Crippen LogP contribution is -2.01. The Balaban J connectivity index is 2.92. The van der Waals surface area contributed by atoms with E-state index in [0.29, 0.717) is 25.3 Å². The largest absolute Gasteiger partial charge is 0.490 e. The normalized spacial score (nSPS) is 11.4. The number of benzene rings is 1. The molecule has 1 rings (SSSR count). The summed E-state index contributed by atoms with van der Waals surface area (Å²) >= 11 is 0. The minimum atomic E-state index is 0.594. The molecule has 0 aliphatic rings. The van der Waals surface area contributed by atoms with Crippen LogP contribution in [0.1, 0.15) is 26.3 Å². The molecule has 4 nitrogen and oxygen atoms in total. The lowest BCUT2D eigenvalue weighted by atomic mass is 10.1. The van der Waals surface area contributed by atoms with Crippen LogP contribution in [-0.2, 0) is 6.42 Å². The van der Waals surface area contributed by atoms with E-state index in [1.165, 1.54) is 0 Å². The third-order valence-corrected chi connectivity index (χ3v) is 2.24. The maximum atomic E-state index is 8.64. The Kier molecular flexibility index (Phi) is 5.33. The molecule has 0 atom stereocenters. The van der Waals surface area contributed by atoms with Crippen LogP contribution in [-0.4, -0.2) is 24.1 Å². The van der Waals surface area contributed by atoms with Gasteiger partial charge in [0.25, 0.3) is 0 Å². The molecule has 0 amide bonds. The van der Waals surface area contributed by atoms with Gasteiger partial charge in [0, 0.05) is 6.42 Å². The molecule has 0 aliphatic heterocycles. The molecule has 1 N–H and O–H groups in total. The Morgan fingerprint density at radius 1 is 1.18 bits per heavy atom. The first-order valence-electron chi connectivity index (χ1n) is 5.77. The van der Waals surface area contributed by atoms with E-state index in [1.54, 1.807) is 6.92 Å². The molecule has 0 saturated carbocycles. The maximum absolute atomic E-state index is 8.64. The molecule has 0 unspecified atom stereocenters. The van der Waals surface area contributed by atoms with Crippen LogP contribution in [0.4, 0.5) is 0 Å². The van der Waals surface area contributed by atoms with Crippen LogP contribution in [0.15, 0.2) is 23.4 Å². The summed E-state index contributed by atoms with van der Waals surface area (Å²) < 4.78 is 11.0. The van der Waals surface area contributed by atoms with Gasteiger partial charge in [-0.3, -0.25) is 0 Å². The molecule has 0 radical (unpaired) electrons. The van der Waals surface area contributed by atoms with Gasteiger partial charge in [-0.2, -0.15) is 0 Å². The molecule has 1 aromatic rings. The highest BCUT2D eigenvalue weighted by Gasteiger charge is 2.06. The van der Waals surface area contributed by atoms with Gasteiger partial charge in [-0.15, -0.1) is 0 Å². The molecule has 0 spiro atoms. The third kappa shape index (κ3) is 3.98. The number of rotatable bonds is 6. The molecule has 0 bridgehead atoms. The number of hydrogen-bond donors (Lipinski definition) is 1. The van der Waals surface area contributed by atoms with E-state index < -0.39 is 0 Å². The summed E-state index contributed by atoms with van der Waals surface area (Å²) in [5.74, 6) is 1.48. The molecule has 4 heteroatoms. The Labute approximate surface area is 102 Å². The summed E-state index contributed by atoms with van der Waals surface area (Å²) in [5, 5.41) is 11.8. The molecule has 0 fully saturated rings. The van der Waals surface area contributed by atoms with Crippen molar-refractivity contribution in [1.29, 1.82) is 0 Å². The van der Waals surface area contributed by atoms with E-state index >= 15 is 0 Å². The fraction of sp³-hybridized carbons (Fsp3) is 0.462. The van der Waals surface area contributed by atoms with E-state index in [4.69, 9.17) is 14.7 Å². The number of nitrogens with zero attached hydrogens (tertiary/aromatic N) is 1. The quantitative estimate of drug-likeness (QED) is 0.470. The zero-order chi connectivity index (χ0) is 12.7. The SMILES string of the molecule is CCOc1ccc(C/C(C)=N/O)cc1OCC. The van der Waals surface area contributed by atoms with Gasteiger partial charge in [-0.25, -0.2) is 0 Å². The van der Waals surface area contributed by atoms with Gasteiger partial charge >= 0.3 is 0 Å². The molecular formula is C13H19NO3. The first-order valence-corrected chi connectivity index (χ1v) is 5.77. The molecule has 0 heterocycles. The Morgan fingerprint density at radius 2 is 1.82 bits per heavy atom. The number of ether oxygens (including phenoxy) is 2. The van der Waals surface area contributed by atoms with E-state index in [2.05, 4.69) is 5.16 Å². The van der Waals surface area contributed by atoms with Crippen molar-refractivity contribution in [1.82, 2.24) is 0 Å². The molecule has 17 heavy (non-hydrogen) atoms. The standard InChI is InChI=1S/C13H19NO3/c1-4-16-12-7-6-11(8-10(3)14-15)9-13(12)17-5-2/h6-7,9,15H,4-5,8H2,1-3H3/b14-10+. The molecule has 0 aromatic heterocycles. The summed E-state index contributed by atoms with van der Waals surface area (Å²) in [4.78, 5) is 0. The predicted octanol–water partition coefficient (Wildman–Crippen LogP) is 2.88. The van der Waals surface area contributed by atoms with Crippen molar-refractivity contribution in [2.75, 3.05) is 13.2 Å². The highest BCUT2D eigenvalue weighted by molar-refractivity contribution is 5.83. The maximum Gasteiger partial charge on any atom is 0.161 e. The zero-order valence-corrected chi connectivity index (χ0v) is 10.6. The third-order valence-electron chi connectivity index (χ3n) is 2.24. The van der Waals surface area contributed by atoms with Gasteiger partial charge in [0.05, 0.1) is 18.9 Å². The van der Waals surface area contributed by atoms with Crippen LogP contribution >= 0.6 is 0 Å². The first-order chi connectivity index (χ1) is 8.21. The lowest BCUT2D eigenvalue weighted by molar-refractivity contribution is 0.287. The molecule has 1 aromatic carbocycles. The van der Waals surface area contributed by atoms with Crippen molar-refractivity contribution < 1.29 is 14.7 Å². The van der Waals surface area contributed by atoms with Crippen LogP contribution < -0.4 is 9.47 Å². The van der Waals surface area contributed by atoms with Crippen molar-refractivity contribution in [3.05, 3.63) is 23.8 Å². The average Bonchev–Trinajstić information content (AvgIpc) is 2.33. The van der Waals surface area contributed by atoms with Gasteiger partial charge in [0.15, 0.2) is 11.5 Å². The smallest absolute Gasteiger partial charge is 0.161 e. The van der Waals surface area contributed by atoms with Gasteiger partial charge in [-0.05, 0) is 38.5 Å². The fourth-order valence-electron chi connectivity index (χ4n) is 1.54. The van der Waals surface area contributed by atoms with Crippen LogP contribution in [0, 0.1) is 0 Å². The highest BCUT2D eigenvalue weighted by atomic mass is 16.5. The Bertz CT molecular complexity index is 388. The minimum absolute atomic E-state index is 0.594. The second-order valence-electron chi connectivity index (χ2n) is 3.66. The second kappa shape index (κ2) is 6.78. The highest BCUT2D eigenvalue weighted by Crippen LogP contribution is 2.28. The number of oxime groups is 1. The van der Waals surface area contributed by atoms with Crippen molar-refractivity contribution in [3.63, 3.8) is 0 Å². The Morgan fingerprint density at radius 3 is 2.41 bits per heavy atom. The van der Waals surface area contributed by atoms with E-state index in [0.717, 1.165) is 17.1 Å².